The number of rotatable bonds is 4. The van der Waals surface area contributed by atoms with E-state index in [0.29, 0.717) is 5.92 Å². The van der Waals surface area contributed by atoms with E-state index in [1.165, 1.54) is 12.0 Å². The van der Waals surface area contributed by atoms with Gasteiger partial charge in [-0.05, 0) is 56.3 Å². The predicted octanol–water partition coefficient (Wildman–Crippen LogP) is 4.24. The molecule has 2 rings (SSSR count). The van der Waals surface area contributed by atoms with Crippen LogP contribution in [0.5, 0.6) is 0 Å². The van der Waals surface area contributed by atoms with Crippen LogP contribution < -0.4 is 5.32 Å². The maximum Gasteiger partial charge on any atom is 0.0628 e. The van der Waals surface area contributed by atoms with Gasteiger partial charge in [0.15, 0.2) is 0 Å². The first-order valence-electron chi connectivity index (χ1n) is 7.38. The molecule has 0 saturated carbocycles. The van der Waals surface area contributed by atoms with E-state index in [1.807, 2.05) is 19.2 Å². The molecular formula is C17H26ClNO. The summed E-state index contributed by atoms with van der Waals surface area (Å²) in [6.07, 6.45) is 2.23. The molecule has 2 unspecified atom stereocenters. The van der Waals surface area contributed by atoms with Gasteiger partial charge >= 0.3 is 0 Å². The van der Waals surface area contributed by atoms with Gasteiger partial charge in [-0.3, -0.25) is 0 Å². The zero-order chi connectivity index (χ0) is 14.8. The van der Waals surface area contributed by atoms with Gasteiger partial charge in [-0.1, -0.05) is 30.7 Å². The second kappa shape index (κ2) is 6.05. The Balaban J connectivity index is 2.26. The van der Waals surface area contributed by atoms with Gasteiger partial charge in [0.05, 0.1) is 5.60 Å². The summed E-state index contributed by atoms with van der Waals surface area (Å²) in [6, 6.07) is 8.32. The molecule has 0 bridgehead atoms. The highest BCUT2D eigenvalue weighted by atomic mass is 35.5. The minimum absolute atomic E-state index is 0.0865. The molecule has 0 amide bonds. The molecule has 20 heavy (non-hydrogen) atoms. The van der Waals surface area contributed by atoms with E-state index in [0.717, 1.165) is 24.5 Å². The Morgan fingerprint density at radius 1 is 1.35 bits per heavy atom. The predicted molar refractivity (Wildman–Crippen MR) is 85.5 cm³/mol. The van der Waals surface area contributed by atoms with Crippen LogP contribution in [0.15, 0.2) is 24.3 Å². The largest absolute Gasteiger partial charge is 0.379 e. The van der Waals surface area contributed by atoms with E-state index in [9.17, 15) is 0 Å². The van der Waals surface area contributed by atoms with Crippen molar-refractivity contribution in [3.8, 4) is 0 Å². The number of ether oxygens (including phenoxy) is 1. The number of hydrogen-bond donors (Lipinski definition) is 1. The summed E-state index contributed by atoms with van der Waals surface area (Å²) in [5, 5.41) is 4.34. The third-order valence-corrected chi connectivity index (χ3v) is 4.97. The summed E-state index contributed by atoms with van der Waals surface area (Å²) in [7, 11) is 1.81. The van der Waals surface area contributed by atoms with E-state index in [2.05, 4.69) is 38.2 Å². The normalized spacial score (nSPS) is 27.6. The zero-order valence-electron chi connectivity index (χ0n) is 13.0. The van der Waals surface area contributed by atoms with Crippen molar-refractivity contribution in [2.75, 3.05) is 20.2 Å². The van der Waals surface area contributed by atoms with Crippen LogP contribution >= 0.6 is 11.6 Å². The fourth-order valence-corrected chi connectivity index (χ4v) is 3.64. The van der Waals surface area contributed by atoms with Crippen molar-refractivity contribution < 1.29 is 4.74 Å². The first-order chi connectivity index (χ1) is 9.36. The molecule has 1 saturated heterocycles. The van der Waals surface area contributed by atoms with Crippen molar-refractivity contribution in [3.05, 3.63) is 34.9 Å². The van der Waals surface area contributed by atoms with Crippen LogP contribution in [0.2, 0.25) is 5.02 Å². The number of methoxy groups -OCH3 is 1. The van der Waals surface area contributed by atoms with E-state index in [4.69, 9.17) is 16.3 Å². The summed E-state index contributed by atoms with van der Waals surface area (Å²) in [4.78, 5) is 0. The first-order valence-corrected chi connectivity index (χ1v) is 7.75. The number of halogens is 1. The van der Waals surface area contributed by atoms with Crippen molar-refractivity contribution in [1.29, 1.82) is 0 Å². The van der Waals surface area contributed by atoms with Gasteiger partial charge in [-0.25, -0.2) is 0 Å². The van der Waals surface area contributed by atoms with Crippen molar-refractivity contribution in [3.63, 3.8) is 0 Å². The maximum atomic E-state index is 6.01. The summed E-state index contributed by atoms with van der Waals surface area (Å²) in [5.74, 6) is 0.503. The molecule has 2 nitrogen and oxygen atoms in total. The van der Waals surface area contributed by atoms with Crippen LogP contribution in [0.1, 0.15) is 45.1 Å². The number of hydrogen-bond acceptors (Lipinski definition) is 2. The molecule has 1 aromatic rings. The van der Waals surface area contributed by atoms with E-state index >= 15 is 0 Å². The Labute approximate surface area is 127 Å². The molecule has 0 aromatic heterocycles. The van der Waals surface area contributed by atoms with Gasteiger partial charge in [0, 0.05) is 24.6 Å². The first kappa shape index (κ1) is 15.8. The Bertz CT molecular complexity index is 443. The Morgan fingerprint density at radius 3 is 2.60 bits per heavy atom. The molecule has 1 fully saturated rings. The SMILES string of the molecule is COC(C)(C)CC1(C)CCNCC1c1ccc(Cl)cc1. The third-order valence-electron chi connectivity index (χ3n) is 4.72. The monoisotopic (exact) mass is 295 g/mol. The van der Waals surface area contributed by atoms with Gasteiger partial charge in [0.25, 0.3) is 0 Å². The highest BCUT2D eigenvalue weighted by Crippen LogP contribution is 2.46. The van der Waals surface area contributed by atoms with Gasteiger partial charge in [0.1, 0.15) is 0 Å². The summed E-state index contributed by atoms with van der Waals surface area (Å²) >= 11 is 6.01. The molecular weight excluding hydrogens is 270 g/mol. The summed E-state index contributed by atoms with van der Waals surface area (Å²) < 4.78 is 5.67. The average molecular weight is 296 g/mol. The molecule has 0 radical (unpaired) electrons. The average Bonchev–Trinajstić information content (AvgIpc) is 2.40. The number of piperidine rings is 1. The summed E-state index contributed by atoms with van der Waals surface area (Å²) in [5.41, 5.74) is 1.53. The molecule has 0 aliphatic carbocycles. The van der Waals surface area contributed by atoms with E-state index < -0.39 is 0 Å². The third kappa shape index (κ3) is 3.55. The number of nitrogens with one attached hydrogen (secondary N) is 1. The van der Waals surface area contributed by atoms with E-state index in [-0.39, 0.29) is 11.0 Å². The maximum absolute atomic E-state index is 6.01. The van der Waals surface area contributed by atoms with Crippen LogP contribution in [0, 0.1) is 5.41 Å². The Hall–Kier alpha value is -0.570. The lowest BCUT2D eigenvalue weighted by atomic mass is 9.64. The van der Waals surface area contributed by atoms with Crippen molar-refractivity contribution in [2.24, 2.45) is 5.41 Å². The summed E-state index contributed by atoms with van der Waals surface area (Å²) in [6.45, 7) is 8.87. The molecule has 112 valence electrons. The quantitative estimate of drug-likeness (QED) is 0.897. The molecule has 2 atom stereocenters. The van der Waals surface area contributed by atoms with Crippen LogP contribution in [0.3, 0.4) is 0 Å². The lowest BCUT2D eigenvalue weighted by molar-refractivity contribution is -0.0295. The topological polar surface area (TPSA) is 21.3 Å². The van der Waals surface area contributed by atoms with Crippen molar-refractivity contribution >= 4 is 11.6 Å². The molecule has 3 heteroatoms. The highest BCUT2D eigenvalue weighted by Gasteiger charge is 2.41. The fourth-order valence-electron chi connectivity index (χ4n) is 3.51. The number of benzene rings is 1. The minimum atomic E-state index is -0.0865. The van der Waals surface area contributed by atoms with Crippen LogP contribution in [-0.4, -0.2) is 25.8 Å². The zero-order valence-corrected chi connectivity index (χ0v) is 13.8. The minimum Gasteiger partial charge on any atom is -0.379 e. The van der Waals surface area contributed by atoms with Gasteiger partial charge in [-0.2, -0.15) is 0 Å². The van der Waals surface area contributed by atoms with Gasteiger partial charge < -0.3 is 10.1 Å². The molecule has 0 spiro atoms. The molecule has 1 aromatic carbocycles. The van der Waals surface area contributed by atoms with Crippen molar-refractivity contribution in [1.82, 2.24) is 5.32 Å². The molecule has 1 N–H and O–H groups in total. The molecule has 1 aliphatic heterocycles. The van der Waals surface area contributed by atoms with Gasteiger partial charge in [-0.15, -0.1) is 0 Å². The molecule has 1 heterocycles. The van der Waals surface area contributed by atoms with Crippen LogP contribution in [0.4, 0.5) is 0 Å². The van der Waals surface area contributed by atoms with Crippen molar-refractivity contribution in [2.45, 2.75) is 45.1 Å². The van der Waals surface area contributed by atoms with Gasteiger partial charge in [0.2, 0.25) is 0 Å². The lowest BCUT2D eigenvalue weighted by Gasteiger charge is -2.46. The van der Waals surface area contributed by atoms with Crippen LogP contribution in [0.25, 0.3) is 0 Å². The Morgan fingerprint density at radius 2 is 2.00 bits per heavy atom. The lowest BCUT2D eigenvalue weighted by Crippen LogP contribution is -2.45. The second-order valence-electron chi connectivity index (χ2n) is 6.85. The smallest absolute Gasteiger partial charge is 0.0628 e. The fraction of sp³-hybridized carbons (Fsp3) is 0.647. The second-order valence-corrected chi connectivity index (χ2v) is 7.29. The van der Waals surface area contributed by atoms with Crippen LogP contribution in [-0.2, 0) is 4.74 Å². The van der Waals surface area contributed by atoms with E-state index in [1.54, 1.807) is 0 Å². The molecule has 1 aliphatic rings. The highest BCUT2D eigenvalue weighted by molar-refractivity contribution is 6.30. The Kier molecular flexibility index (Phi) is 4.78. The standard InChI is InChI=1S/C17H26ClNO/c1-16(2,20-4)12-17(3)9-10-19-11-15(17)13-5-7-14(18)8-6-13/h5-8,15,19H,9-12H2,1-4H3.